The van der Waals surface area contributed by atoms with Gasteiger partial charge in [-0.1, -0.05) is 44.5 Å². The minimum Gasteiger partial charge on any atom is -0.392 e. The van der Waals surface area contributed by atoms with Gasteiger partial charge in [0, 0.05) is 11.8 Å². The third-order valence-electron chi connectivity index (χ3n) is 9.52. The highest BCUT2D eigenvalue weighted by molar-refractivity contribution is 7.86. The van der Waals surface area contributed by atoms with Crippen molar-refractivity contribution in [2.45, 2.75) is 83.0 Å². The zero-order valence-corrected chi connectivity index (χ0v) is 20.5. The SMILES string of the molecule is C=C[C@@H]1CC[C@]2(C)C(C)CC[C@]3(CC(O)C(OS(=O)(=O)c4ccc(C)cc4)C23)[C@@H](C)[C@@H]1O. The summed E-state index contributed by atoms with van der Waals surface area (Å²) in [6.45, 7) is 12.4. The molecule has 4 unspecified atom stereocenters. The first-order valence-electron chi connectivity index (χ1n) is 11.9. The van der Waals surface area contributed by atoms with Gasteiger partial charge in [0.2, 0.25) is 0 Å². The maximum atomic E-state index is 13.2. The van der Waals surface area contributed by atoms with Crippen molar-refractivity contribution in [2.24, 2.45) is 34.5 Å². The second-order valence-corrected chi connectivity index (χ2v) is 12.5. The summed E-state index contributed by atoms with van der Waals surface area (Å²) >= 11 is 0. The molecule has 0 radical (unpaired) electrons. The van der Waals surface area contributed by atoms with Gasteiger partial charge in [0.15, 0.2) is 0 Å². The van der Waals surface area contributed by atoms with E-state index in [1.165, 1.54) is 0 Å². The Labute approximate surface area is 193 Å². The van der Waals surface area contributed by atoms with Crippen molar-refractivity contribution in [3.05, 3.63) is 42.5 Å². The minimum absolute atomic E-state index is 0.000789. The van der Waals surface area contributed by atoms with Gasteiger partial charge >= 0.3 is 0 Å². The second kappa shape index (κ2) is 8.23. The molecule has 3 aliphatic rings. The van der Waals surface area contributed by atoms with Gasteiger partial charge in [-0.15, -0.1) is 6.58 Å². The van der Waals surface area contributed by atoms with E-state index in [4.69, 9.17) is 4.18 Å². The third-order valence-corrected chi connectivity index (χ3v) is 10.8. The Morgan fingerprint density at radius 2 is 1.78 bits per heavy atom. The monoisotopic (exact) mass is 462 g/mol. The molecule has 0 saturated heterocycles. The van der Waals surface area contributed by atoms with Crippen LogP contribution >= 0.6 is 0 Å². The van der Waals surface area contributed by atoms with E-state index in [9.17, 15) is 18.6 Å². The first kappa shape index (κ1) is 23.9. The second-order valence-electron chi connectivity index (χ2n) is 11.0. The number of benzene rings is 1. The maximum Gasteiger partial charge on any atom is 0.297 e. The van der Waals surface area contributed by atoms with E-state index in [0.29, 0.717) is 12.3 Å². The van der Waals surface area contributed by atoms with E-state index < -0.39 is 28.4 Å². The first-order valence-corrected chi connectivity index (χ1v) is 13.4. The Balaban J connectivity index is 1.78. The summed E-state index contributed by atoms with van der Waals surface area (Å²) in [5.74, 6) is 0.130. The van der Waals surface area contributed by atoms with Crippen LogP contribution in [0, 0.1) is 41.4 Å². The molecule has 2 N–H and O–H groups in total. The molecule has 0 aliphatic heterocycles. The molecule has 32 heavy (non-hydrogen) atoms. The molecular weight excluding hydrogens is 424 g/mol. The van der Waals surface area contributed by atoms with E-state index >= 15 is 0 Å². The fourth-order valence-electron chi connectivity index (χ4n) is 7.33. The van der Waals surface area contributed by atoms with Gasteiger partial charge in [0.1, 0.15) is 6.10 Å². The van der Waals surface area contributed by atoms with Crippen LogP contribution in [0.5, 0.6) is 0 Å². The molecule has 0 aromatic heterocycles. The topological polar surface area (TPSA) is 83.8 Å². The molecule has 1 aromatic carbocycles. The predicted molar refractivity (Wildman–Crippen MR) is 124 cm³/mol. The van der Waals surface area contributed by atoms with Gasteiger partial charge in [-0.3, -0.25) is 4.18 Å². The van der Waals surface area contributed by atoms with Crippen LogP contribution in [0.15, 0.2) is 41.8 Å². The predicted octanol–water partition coefficient (Wildman–Crippen LogP) is 4.47. The molecule has 0 heterocycles. The molecule has 3 saturated carbocycles. The lowest BCUT2D eigenvalue weighted by atomic mass is 9.46. The number of aliphatic hydroxyl groups excluding tert-OH is 2. The number of hydrogen-bond acceptors (Lipinski definition) is 5. The van der Waals surface area contributed by atoms with E-state index in [0.717, 1.165) is 31.2 Å². The van der Waals surface area contributed by atoms with Crippen LogP contribution in [0.2, 0.25) is 0 Å². The van der Waals surface area contributed by atoms with Crippen molar-refractivity contribution < 1.29 is 22.8 Å². The smallest absolute Gasteiger partial charge is 0.297 e. The lowest BCUT2D eigenvalue weighted by Gasteiger charge is -2.60. The van der Waals surface area contributed by atoms with Crippen LogP contribution in [-0.2, 0) is 14.3 Å². The van der Waals surface area contributed by atoms with E-state index in [1.807, 2.05) is 13.0 Å². The highest BCUT2D eigenvalue weighted by Gasteiger charge is 2.67. The van der Waals surface area contributed by atoms with E-state index in [2.05, 4.69) is 27.4 Å². The molecule has 3 fully saturated rings. The van der Waals surface area contributed by atoms with Gasteiger partial charge in [0.25, 0.3) is 10.1 Å². The van der Waals surface area contributed by atoms with Crippen LogP contribution in [-0.4, -0.2) is 36.9 Å². The molecule has 5 nitrogen and oxygen atoms in total. The highest BCUT2D eigenvalue weighted by atomic mass is 32.2. The van der Waals surface area contributed by atoms with Crippen molar-refractivity contribution in [3.63, 3.8) is 0 Å². The Morgan fingerprint density at radius 1 is 1.12 bits per heavy atom. The minimum atomic E-state index is -4.03. The lowest BCUT2D eigenvalue weighted by Crippen LogP contribution is -2.57. The Kier molecular flexibility index (Phi) is 6.15. The molecule has 9 atom stereocenters. The Hall–Kier alpha value is -1.21. The number of aryl methyl sites for hydroxylation is 1. The van der Waals surface area contributed by atoms with Crippen molar-refractivity contribution in [3.8, 4) is 0 Å². The quantitative estimate of drug-likeness (QED) is 0.510. The Morgan fingerprint density at radius 3 is 2.41 bits per heavy atom. The van der Waals surface area contributed by atoms with Crippen LogP contribution in [0.3, 0.4) is 0 Å². The summed E-state index contributed by atoms with van der Waals surface area (Å²) in [6, 6.07) is 6.63. The molecular formula is C26H38O5S. The van der Waals surface area contributed by atoms with Crippen molar-refractivity contribution in [2.75, 3.05) is 0 Å². The fourth-order valence-corrected chi connectivity index (χ4v) is 8.45. The fraction of sp³-hybridized carbons (Fsp3) is 0.692. The summed E-state index contributed by atoms with van der Waals surface area (Å²) in [5.41, 5.74) is 0.410. The molecule has 1 aromatic rings. The summed E-state index contributed by atoms with van der Waals surface area (Å²) in [5, 5.41) is 22.5. The van der Waals surface area contributed by atoms with E-state index in [-0.39, 0.29) is 33.5 Å². The average Bonchev–Trinajstić information content (AvgIpc) is 3.03. The zero-order valence-electron chi connectivity index (χ0n) is 19.7. The highest BCUT2D eigenvalue weighted by Crippen LogP contribution is 2.68. The molecule has 6 heteroatoms. The lowest BCUT2D eigenvalue weighted by molar-refractivity contribution is -0.148. The average molecular weight is 463 g/mol. The standard InChI is InChI=1S/C26H38O5S/c1-6-19-12-13-25(5)17(3)11-14-26(18(4)22(19)28)15-21(27)23(24(25)26)31-32(29,30)20-9-7-16(2)8-10-20/h6-10,17-19,21-24,27-28H,1,11-15H2,2-5H3/t17?,18-,19+,21?,22-,23?,24?,25+,26-/m0/s1. The van der Waals surface area contributed by atoms with Crippen molar-refractivity contribution in [1.82, 2.24) is 0 Å². The molecule has 178 valence electrons. The normalized spacial score (nSPS) is 44.4. The summed E-state index contributed by atoms with van der Waals surface area (Å²) in [7, 11) is -4.03. The van der Waals surface area contributed by atoms with Crippen LogP contribution in [0.4, 0.5) is 0 Å². The van der Waals surface area contributed by atoms with Gasteiger partial charge in [0.05, 0.1) is 17.1 Å². The zero-order chi connectivity index (χ0) is 23.5. The van der Waals surface area contributed by atoms with Crippen LogP contribution in [0.1, 0.15) is 58.4 Å². The van der Waals surface area contributed by atoms with Gasteiger partial charge in [-0.05, 0) is 73.8 Å². The summed E-state index contributed by atoms with van der Waals surface area (Å²) in [6.07, 6.45) is 3.56. The third kappa shape index (κ3) is 3.58. The molecule has 4 rings (SSSR count). The molecule has 3 aliphatic carbocycles. The largest absolute Gasteiger partial charge is 0.392 e. The van der Waals surface area contributed by atoms with E-state index in [1.54, 1.807) is 24.3 Å². The number of aliphatic hydroxyl groups is 2. The summed E-state index contributed by atoms with van der Waals surface area (Å²) in [4.78, 5) is 0.116. The molecule has 0 amide bonds. The Bertz CT molecular complexity index is 957. The number of hydrogen-bond donors (Lipinski definition) is 2. The first-order chi connectivity index (χ1) is 15.0. The molecule has 0 spiro atoms. The van der Waals surface area contributed by atoms with Crippen LogP contribution in [0.25, 0.3) is 0 Å². The van der Waals surface area contributed by atoms with Gasteiger partial charge in [-0.2, -0.15) is 8.42 Å². The van der Waals surface area contributed by atoms with Crippen LogP contribution < -0.4 is 0 Å². The van der Waals surface area contributed by atoms with Crippen molar-refractivity contribution in [1.29, 1.82) is 0 Å². The van der Waals surface area contributed by atoms with Gasteiger partial charge in [-0.25, -0.2) is 0 Å². The maximum absolute atomic E-state index is 13.2. The van der Waals surface area contributed by atoms with Crippen molar-refractivity contribution >= 4 is 10.1 Å². The number of rotatable bonds is 4. The summed E-state index contributed by atoms with van der Waals surface area (Å²) < 4.78 is 32.4. The molecule has 2 bridgehead atoms. The van der Waals surface area contributed by atoms with Gasteiger partial charge < -0.3 is 10.2 Å².